The number of carbonyl (C=O) groups is 1. The maximum atomic E-state index is 12.8. The monoisotopic (exact) mass is 498 g/mol. The van der Waals surface area contributed by atoms with Crippen LogP contribution < -0.4 is 4.74 Å². The number of benzene rings is 2. The highest BCUT2D eigenvalue weighted by atomic mass is 127. The SMILES string of the molecule is CCCCCCOc1ccc(/C(=C/C(=O)c2ccc(I)cc2)OB(F)F)cc1. The molecule has 0 atom stereocenters. The molecule has 2 rings (SSSR count). The molecule has 28 heavy (non-hydrogen) atoms. The maximum absolute atomic E-state index is 12.8. The summed E-state index contributed by atoms with van der Waals surface area (Å²) in [4.78, 5) is 12.4. The van der Waals surface area contributed by atoms with Gasteiger partial charge in [0.2, 0.25) is 0 Å². The van der Waals surface area contributed by atoms with Crippen LogP contribution in [0.1, 0.15) is 48.5 Å². The van der Waals surface area contributed by atoms with Gasteiger partial charge in [-0.15, -0.1) is 0 Å². The first-order valence-electron chi connectivity index (χ1n) is 9.19. The van der Waals surface area contributed by atoms with Crippen LogP contribution in [0, 0.1) is 3.57 Å². The number of rotatable bonds is 11. The molecular formula is C21H22BF2IO3. The van der Waals surface area contributed by atoms with Gasteiger partial charge in [-0.05, 0) is 65.4 Å². The molecule has 0 heterocycles. The molecule has 0 saturated heterocycles. The van der Waals surface area contributed by atoms with Gasteiger partial charge in [-0.2, -0.15) is 0 Å². The Morgan fingerprint density at radius 3 is 2.25 bits per heavy atom. The Bertz CT molecular complexity index is 777. The van der Waals surface area contributed by atoms with Crippen molar-refractivity contribution in [3.63, 3.8) is 0 Å². The molecule has 0 N–H and O–H groups in total. The van der Waals surface area contributed by atoms with Gasteiger partial charge < -0.3 is 9.39 Å². The summed E-state index contributed by atoms with van der Waals surface area (Å²) in [7, 11) is -3.02. The zero-order valence-corrected chi connectivity index (χ0v) is 17.8. The molecule has 0 aliphatic carbocycles. The Kier molecular flexibility index (Phi) is 9.47. The fourth-order valence-electron chi connectivity index (χ4n) is 2.53. The van der Waals surface area contributed by atoms with Crippen LogP contribution in [0.15, 0.2) is 54.6 Å². The van der Waals surface area contributed by atoms with Crippen molar-refractivity contribution in [2.24, 2.45) is 0 Å². The molecule has 0 unspecified atom stereocenters. The van der Waals surface area contributed by atoms with Crippen molar-refractivity contribution in [3.05, 3.63) is 69.3 Å². The number of hydrogen-bond acceptors (Lipinski definition) is 3. The number of ether oxygens (including phenoxy) is 1. The molecule has 0 fully saturated rings. The molecule has 0 bridgehead atoms. The lowest BCUT2D eigenvalue weighted by Crippen LogP contribution is -2.07. The Hall–Kier alpha value is -1.90. The number of ketones is 1. The lowest BCUT2D eigenvalue weighted by atomic mass is 10.1. The van der Waals surface area contributed by atoms with Crippen LogP contribution in [0.2, 0.25) is 0 Å². The minimum Gasteiger partial charge on any atom is -0.505 e. The van der Waals surface area contributed by atoms with E-state index in [1.54, 1.807) is 48.5 Å². The first kappa shape index (κ1) is 22.4. The predicted octanol–water partition coefficient (Wildman–Crippen LogP) is 6.41. The minimum absolute atomic E-state index is 0.173. The molecule has 3 nitrogen and oxygen atoms in total. The Morgan fingerprint density at radius 2 is 1.64 bits per heavy atom. The Balaban J connectivity index is 2.09. The molecule has 0 aliphatic rings. The Morgan fingerprint density at radius 1 is 1.00 bits per heavy atom. The second-order valence-corrected chi connectivity index (χ2v) is 7.44. The predicted molar refractivity (Wildman–Crippen MR) is 117 cm³/mol. The normalized spacial score (nSPS) is 11.2. The van der Waals surface area contributed by atoms with Crippen LogP contribution in [0.4, 0.5) is 8.63 Å². The third-order valence-corrected chi connectivity index (χ3v) is 4.73. The standard InChI is InChI=1S/C21H22BF2IO3/c1-2-3-4-5-14-27-19-12-8-17(9-13-19)21(28-22(23)24)15-20(26)16-6-10-18(25)11-7-16/h6-13,15H,2-5,14H2,1H3/b21-15-. The highest BCUT2D eigenvalue weighted by molar-refractivity contribution is 14.1. The third kappa shape index (κ3) is 7.62. The van der Waals surface area contributed by atoms with Crippen molar-refractivity contribution in [3.8, 4) is 5.75 Å². The first-order valence-corrected chi connectivity index (χ1v) is 10.3. The summed E-state index contributed by atoms with van der Waals surface area (Å²) in [5.74, 6) is 0.0805. The van der Waals surface area contributed by atoms with Gasteiger partial charge in [0.25, 0.3) is 0 Å². The number of allylic oxidation sites excluding steroid dienone is 1. The van der Waals surface area contributed by atoms with Crippen LogP contribution in [0.25, 0.3) is 5.76 Å². The van der Waals surface area contributed by atoms with E-state index in [2.05, 4.69) is 34.2 Å². The van der Waals surface area contributed by atoms with Crippen LogP contribution in [-0.4, -0.2) is 19.9 Å². The van der Waals surface area contributed by atoms with E-state index in [0.717, 1.165) is 28.9 Å². The number of carbonyl (C=O) groups excluding carboxylic acids is 1. The number of hydrogen-bond donors (Lipinski definition) is 0. The van der Waals surface area contributed by atoms with Gasteiger partial charge in [0.05, 0.1) is 6.61 Å². The van der Waals surface area contributed by atoms with E-state index in [0.29, 0.717) is 23.5 Å². The molecule has 0 saturated carbocycles. The summed E-state index contributed by atoms with van der Waals surface area (Å²) in [5, 5.41) is 0. The molecule has 148 valence electrons. The van der Waals surface area contributed by atoms with E-state index >= 15 is 0 Å². The first-order chi connectivity index (χ1) is 13.5. The van der Waals surface area contributed by atoms with E-state index in [-0.39, 0.29) is 5.76 Å². The number of halogens is 3. The largest absolute Gasteiger partial charge is 0.796 e. The summed E-state index contributed by atoms with van der Waals surface area (Å²) >= 11 is 2.13. The van der Waals surface area contributed by atoms with Crippen LogP contribution in [0.3, 0.4) is 0 Å². The highest BCUT2D eigenvalue weighted by Crippen LogP contribution is 2.22. The molecule has 2 aromatic carbocycles. The fraction of sp³-hybridized carbons (Fsp3) is 0.286. The molecule has 0 radical (unpaired) electrons. The molecule has 0 spiro atoms. The summed E-state index contributed by atoms with van der Waals surface area (Å²) in [6, 6.07) is 13.4. The zero-order valence-electron chi connectivity index (χ0n) is 15.7. The summed E-state index contributed by atoms with van der Waals surface area (Å²) in [5.41, 5.74) is 0.792. The van der Waals surface area contributed by atoms with Gasteiger partial charge in [-0.1, -0.05) is 38.3 Å². The van der Waals surface area contributed by atoms with E-state index in [9.17, 15) is 13.4 Å². The van der Waals surface area contributed by atoms with E-state index in [1.165, 1.54) is 6.42 Å². The van der Waals surface area contributed by atoms with Gasteiger partial charge in [0.1, 0.15) is 11.5 Å². The molecule has 0 amide bonds. The summed E-state index contributed by atoms with van der Waals surface area (Å²) < 4.78 is 36.9. The molecule has 7 heteroatoms. The number of unbranched alkanes of at least 4 members (excludes halogenated alkanes) is 3. The average molecular weight is 498 g/mol. The van der Waals surface area contributed by atoms with Gasteiger partial charge in [-0.3, -0.25) is 4.79 Å². The van der Waals surface area contributed by atoms with Crippen molar-refractivity contribution < 1.29 is 22.8 Å². The molecular weight excluding hydrogens is 476 g/mol. The fourth-order valence-corrected chi connectivity index (χ4v) is 2.89. The third-order valence-electron chi connectivity index (χ3n) is 4.01. The van der Waals surface area contributed by atoms with E-state index < -0.39 is 13.3 Å². The van der Waals surface area contributed by atoms with Gasteiger partial charge in [0, 0.05) is 20.8 Å². The zero-order chi connectivity index (χ0) is 20.4. The summed E-state index contributed by atoms with van der Waals surface area (Å²) in [6.07, 6.45) is 5.52. The van der Waals surface area contributed by atoms with E-state index in [1.807, 2.05) is 0 Å². The maximum Gasteiger partial charge on any atom is 0.796 e. The summed E-state index contributed by atoms with van der Waals surface area (Å²) in [6.45, 7) is 2.76. The minimum atomic E-state index is -3.02. The lowest BCUT2D eigenvalue weighted by molar-refractivity contribution is 0.104. The van der Waals surface area contributed by atoms with Crippen molar-refractivity contribution >= 4 is 41.6 Å². The quantitative estimate of drug-likeness (QED) is 0.0897. The van der Waals surface area contributed by atoms with E-state index in [4.69, 9.17) is 4.74 Å². The molecule has 2 aromatic rings. The van der Waals surface area contributed by atoms with Crippen LogP contribution in [-0.2, 0) is 4.65 Å². The second kappa shape index (κ2) is 11.8. The average Bonchev–Trinajstić information content (AvgIpc) is 2.68. The molecule has 0 aliphatic heterocycles. The van der Waals surface area contributed by atoms with Gasteiger partial charge in [-0.25, -0.2) is 8.63 Å². The van der Waals surface area contributed by atoms with Crippen LogP contribution in [0.5, 0.6) is 5.75 Å². The van der Waals surface area contributed by atoms with Gasteiger partial charge >= 0.3 is 7.47 Å². The lowest BCUT2D eigenvalue weighted by Gasteiger charge is -2.10. The van der Waals surface area contributed by atoms with Crippen molar-refractivity contribution in [1.29, 1.82) is 0 Å². The Labute approximate surface area is 178 Å². The van der Waals surface area contributed by atoms with Gasteiger partial charge in [0.15, 0.2) is 5.78 Å². The topological polar surface area (TPSA) is 35.5 Å². The molecule has 0 aromatic heterocycles. The van der Waals surface area contributed by atoms with Crippen molar-refractivity contribution in [1.82, 2.24) is 0 Å². The second-order valence-electron chi connectivity index (χ2n) is 6.19. The van der Waals surface area contributed by atoms with Crippen molar-refractivity contribution in [2.45, 2.75) is 32.6 Å². The van der Waals surface area contributed by atoms with Crippen molar-refractivity contribution in [2.75, 3.05) is 6.61 Å². The van der Waals surface area contributed by atoms with Crippen LogP contribution >= 0.6 is 22.6 Å². The smallest absolute Gasteiger partial charge is 0.505 e. The highest BCUT2D eigenvalue weighted by Gasteiger charge is 2.21.